The van der Waals surface area contributed by atoms with Gasteiger partial charge in [-0.15, -0.1) is 0 Å². The molecule has 9 heteroatoms. The van der Waals surface area contributed by atoms with E-state index in [9.17, 15) is 14.4 Å². The zero-order chi connectivity index (χ0) is 24.1. The van der Waals surface area contributed by atoms with Crippen LogP contribution in [0.1, 0.15) is 34.7 Å². The number of carbonyl (C=O) groups is 3. The highest BCUT2D eigenvalue weighted by molar-refractivity contribution is 6.04. The van der Waals surface area contributed by atoms with Gasteiger partial charge in [0, 0.05) is 55.9 Å². The maximum absolute atomic E-state index is 12.9. The number of para-hydroxylation sites is 1. The Hall–Kier alpha value is -3.72. The minimum absolute atomic E-state index is 0.0495. The molecule has 0 unspecified atom stereocenters. The van der Waals surface area contributed by atoms with Gasteiger partial charge in [-0.05, 0) is 38.1 Å². The third kappa shape index (κ3) is 5.09. The average molecular weight is 463 g/mol. The Morgan fingerprint density at radius 2 is 1.74 bits per heavy atom. The van der Waals surface area contributed by atoms with Gasteiger partial charge >= 0.3 is 0 Å². The number of hydrogen-bond donors (Lipinski definition) is 2. The molecule has 0 bridgehead atoms. The van der Waals surface area contributed by atoms with Crippen molar-refractivity contribution in [3.8, 4) is 0 Å². The summed E-state index contributed by atoms with van der Waals surface area (Å²) in [6.07, 6.45) is 0. The predicted octanol–water partition coefficient (Wildman–Crippen LogP) is 2.44. The number of fused-ring (bicyclic) bond motifs is 1. The van der Waals surface area contributed by atoms with Gasteiger partial charge in [0.25, 0.3) is 11.8 Å². The lowest BCUT2D eigenvalue weighted by molar-refractivity contribution is -0.117. The monoisotopic (exact) mass is 462 g/mol. The molecule has 2 heterocycles. The van der Waals surface area contributed by atoms with Crippen LogP contribution in [0.25, 0.3) is 10.9 Å². The van der Waals surface area contributed by atoms with Crippen LogP contribution >= 0.6 is 0 Å². The molecular weight excluding hydrogens is 432 g/mol. The molecule has 1 aliphatic rings. The molecule has 9 nitrogen and oxygen atoms in total. The van der Waals surface area contributed by atoms with Crippen molar-refractivity contribution in [3.05, 3.63) is 59.8 Å². The molecule has 0 spiro atoms. The van der Waals surface area contributed by atoms with Crippen LogP contribution in [0, 0.1) is 0 Å². The summed E-state index contributed by atoms with van der Waals surface area (Å²) in [6.45, 7) is 7.64. The second-order valence-electron chi connectivity index (χ2n) is 8.29. The largest absolute Gasteiger partial charge is 0.339 e. The number of amides is 3. The van der Waals surface area contributed by atoms with Crippen LogP contribution in [0.4, 0.5) is 5.69 Å². The number of rotatable bonds is 7. The van der Waals surface area contributed by atoms with Gasteiger partial charge in [-0.2, -0.15) is 5.10 Å². The fourth-order valence-electron chi connectivity index (χ4n) is 4.21. The quantitative estimate of drug-likeness (QED) is 0.562. The molecular formula is C25H30N6O3. The van der Waals surface area contributed by atoms with E-state index in [-0.39, 0.29) is 24.3 Å². The van der Waals surface area contributed by atoms with Gasteiger partial charge in [0.05, 0.1) is 12.1 Å². The van der Waals surface area contributed by atoms with E-state index in [2.05, 4.69) is 15.5 Å². The van der Waals surface area contributed by atoms with E-state index >= 15 is 0 Å². The van der Waals surface area contributed by atoms with E-state index in [0.717, 1.165) is 10.9 Å². The van der Waals surface area contributed by atoms with Gasteiger partial charge < -0.3 is 15.1 Å². The Kier molecular flexibility index (Phi) is 7.22. The summed E-state index contributed by atoms with van der Waals surface area (Å²) >= 11 is 0. The zero-order valence-electron chi connectivity index (χ0n) is 19.6. The van der Waals surface area contributed by atoms with E-state index in [1.54, 1.807) is 34.1 Å². The Morgan fingerprint density at radius 3 is 2.47 bits per heavy atom. The summed E-state index contributed by atoms with van der Waals surface area (Å²) in [7, 11) is 0. The van der Waals surface area contributed by atoms with E-state index in [1.807, 2.05) is 43.0 Å². The molecule has 0 saturated carbocycles. The van der Waals surface area contributed by atoms with Gasteiger partial charge in [-0.25, -0.2) is 0 Å². The van der Waals surface area contributed by atoms with E-state index in [1.165, 1.54) is 0 Å². The first-order valence-corrected chi connectivity index (χ1v) is 11.6. The van der Waals surface area contributed by atoms with Crippen LogP contribution in [0.2, 0.25) is 0 Å². The van der Waals surface area contributed by atoms with Gasteiger partial charge in [-0.3, -0.25) is 24.4 Å². The van der Waals surface area contributed by atoms with Crippen LogP contribution in [-0.2, 0) is 4.79 Å². The Labute approximate surface area is 198 Å². The number of nitrogens with zero attached hydrogens (tertiary/aromatic N) is 4. The number of carbonyl (C=O) groups excluding carboxylic acids is 3. The smallest absolute Gasteiger partial charge is 0.275 e. The number of aromatic amines is 1. The molecule has 34 heavy (non-hydrogen) atoms. The molecule has 3 aromatic rings. The molecule has 2 N–H and O–H groups in total. The molecule has 1 aromatic heterocycles. The summed E-state index contributed by atoms with van der Waals surface area (Å²) in [6, 6.07) is 14.6. The number of hydrogen-bond acceptors (Lipinski definition) is 5. The number of piperazine rings is 1. The molecule has 2 aromatic carbocycles. The second-order valence-corrected chi connectivity index (χ2v) is 8.29. The normalized spacial score (nSPS) is 14.2. The van der Waals surface area contributed by atoms with Crippen molar-refractivity contribution < 1.29 is 14.4 Å². The van der Waals surface area contributed by atoms with Gasteiger partial charge in [0.2, 0.25) is 5.91 Å². The maximum atomic E-state index is 12.9. The first kappa shape index (κ1) is 23.4. The first-order valence-electron chi connectivity index (χ1n) is 11.6. The van der Waals surface area contributed by atoms with E-state index < -0.39 is 0 Å². The van der Waals surface area contributed by atoms with Crippen molar-refractivity contribution in [1.82, 2.24) is 24.9 Å². The SMILES string of the molecule is CCN(CC)C(=O)c1cccc(NC(=O)CN2CCN(C(=O)c3n[nH]c4ccccc34)CC2)c1. The lowest BCUT2D eigenvalue weighted by Crippen LogP contribution is -2.50. The van der Waals surface area contributed by atoms with Crippen LogP contribution < -0.4 is 5.32 Å². The minimum Gasteiger partial charge on any atom is -0.339 e. The maximum Gasteiger partial charge on any atom is 0.275 e. The highest BCUT2D eigenvalue weighted by atomic mass is 16.2. The number of H-pyrrole nitrogens is 1. The minimum atomic E-state index is -0.148. The van der Waals surface area contributed by atoms with Gasteiger partial charge in [-0.1, -0.05) is 24.3 Å². The van der Waals surface area contributed by atoms with E-state index in [0.29, 0.717) is 56.2 Å². The zero-order valence-corrected chi connectivity index (χ0v) is 19.6. The number of anilines is 1. The highest BCUT2D eigenvalue weighted by Gasteiger charge is 2.26. The fourth-order valence-corrected chi connectivity index (χ4v) is 4.21. The third-order valence-corrected chi connectivity index (χ3v) is 6.14. The Bertz CT molecular complexity index is 1180. The number of aromatic nitrogens is 2. The lowest BCUT2D eigenvalue weighted by Gasteiger charge is -2.34. The average Bonchev–Trinajstić information content (AvgIpc) is 3.29. The highest BCUT2D eigenvalue weighted by Crippen LogP contribution is 2.18. The molecule has 0 radical (unpaired) electrons. The van der Waals surface area contributed by atoms with Crippen molar-refractivity contribution in [1.29, 1.82) is 0 Å². The molecule has 3 amide bonds. The standard InChI is InChI=1S/C25H30N6O3/c1-3-30(4-2)24(33)18-8-7-9-19(16-18)26-22(32)17-29-12-14-31(15-13-29)25(34)23-20-10-5-6-11-21(20)27-28-23/h5-11,16H,3-4,12-15,17H2,1-2H3,(H,26,32)(H,27,28). The van der Waals surface area contributed by atoms with Gasteiger partial charge in [0.1, 0.15) is 0 Å². The molecule has 178 valence electrons. The van der Waals surface area contributed by atoms with Crippen molar-refractivity contribution in [3.63, 3.8) is 0 Å². The lowest BCUT2D eigenvalue weighted by atomic mass is 10.1. The molecule has 1 aliphatic heterocycles. The summed E-state index contributed by atoms with van der Waals surface area (Å²) in [4.78, 5) is 43.7. The van der Waals surface area contributed by atoms with Crippen LogP contribution in [-0.4, -0.2) is 88.4 Å². The molecule has 1 saturated heterocycles. The van der Waals surface area contributed by atoms with Crippen molar-refractivity contribution in [2.24, 2.45) is 0 Å². The Balaban J connectivity index is 1.30. The second kappa shape index (κ2) is 10.5. The predicted molar refractivity (Wildman–Crippen MR) is 131 cm³/mol. The summed E-state index contributed by atoms with van der Waals surface area (Å²) < 4.78 is 0. The fraction of sp³-hybridized carbons (Fsp3) is 0.360. The van der Waals surface area contributed by atoms with E-state index in [4.69, 9.17) is 0 Å². The number of benzene rings is 2. The number of nitrogens with one attached hydrogen (secondary N) is 2. The molecule has 1 fully saturated rings. The van der Waals surface area contributed by atoms with Gasteiger partial charge in [0.15, 0.2) is 5.69 Å². The van der Waals surface area contributed by atoms with Crippen LogP contribution in [0.5, 0.6) is 0 Å². The summed E-state index contributed by atoms with van der Waals surface area (Å²) in [5, 5.41) is 10.8. The molecule has 0 aliphatic carbocycles. The van der Waals surface area contributed by atoms with Crippen LogP contribution in [0.3, 0.4) is 0 Å². The van der Waals surface area contributed by atoms with Crippen molar-refractivity contribution in [2.45, 2.75) is 13.8 Å². The first-order chi connectivity index (χ1) is 16.5. The van der Waals surface area contributed by atoms with Crippen molar-refractivity contribution in [2.75, 3.05) is 51.1 Å². The third-order valence-electron chi connectivity index (χ3n) is 6.14. The Morgan fingerprint density at radius 1 is 1.00 bits per heavy atom. The molecule has 0 atom stereocenters. The topological polar surface area (TPSA) is 102 Å². The molecule has 4 rings (SSSR count). The summed E-state index contributed by atoms with van der Waals surface area (Å²) in [5.41, 5.74) is 2.42. The van der Waals surface area contributed by atoms with Crippen LogP contribution in [0.15, 0.2) is 48.5 Å². The van der Waals surface area contributed by atoms with Crippen molar-refractivity contribution >= 4 is 34.3 Å². The summed E-state index contributed by atoms with van der Waals surface area (Å²) in [5.74, 6) is -0.298.